The summed E-state index contributed by atoms with van der Waals surface area (Å²) in [6.45, 7) is 7.25. The number of benzene rings is 2. The number of ether oxygens (including phenoxy) is 1. The number of carbonyl (C=O) groups excluding carboxylic acids is 2. The van der Waals surface area contributed by atoms with Crippen LogP contribution >= 0.6 is 0 Å². The number of rotatable bonds is 11. The summed E-state index contributed by atoms with van der Waals surface area (Å²) in [7, 11) is 2.97. The van der Waals surface area contributed by atoms with E-state index in [4.69, 9.17) is 4.74 Å². The SMILES string of the molecule is CCC(c1ccc2c(c1)CCN(C)CC2)N(C)C(=O)CCC(=O)CN(C)S(=O)(=O)c1c(C)cc(OC)cc1C. The maximum Gasteiger partial charge on any atom is 0.243 e. The molecular weight excluding hydrogens is 514 g/mol. The van der Waals surface area contributed by atoms with E-state index in [-0.39, 0.29) is 42.0 Å². The van der Waals surface area contributed by atoms with Crippen molar-refractivity contribution in [2.45, 2.75) is 63.8 Å². The second-order valence-electron chi connectivity index (χ2n) is 10.7. The normalized spacial score (nSPS) is 15.0. The zero-order valence-corrected chi connectivity index (χ0v) is 25.2. The van der Waals surface area contributed by atoms with Crippen molar-refractivity contribution in [1.82, 2.24) is 14.1 Å². The van der Waals surface area contributed by atoms with Crippen molar-refractivity contribution < 1.29 is 22.7 Å². The first-order valence-electron chi connectivity index (χ1n) is 13.6. The number of methoxy groups -OCH3 is 1. The molecule has 1 aliphatic heterocycles. The molecule has 0 aliphatic carbocycles. The molecule has 0 fully saturated rings. The monoisotopic (exact) mass is 557 g/mol. The summed E-state index contributed by atoms with van der Waals surface area (Å²) in [5, 5.41) is 0. The van der Waals surface area contributed by atoms with Crippen LogP contribution in [-0.4, -0.2) is 82.1 Å². The first-order valence-corrected chi connectivity index (χ1v) is 15.0. The van der Waals surface area contributed by atoms with Gasteiger partial charge in [-0.3, -0.25) is 9.59 Å². The third-order valence-corrected chi connectivity index (χ3v) is 9.85. The Morgan fingerprint density at radius 1 is 1.00 bits per heavy atom. The molecule has 1 unspecified atom stereocenters. The van der Waals surface area contributed by atoms with Crippen molar-refractivity contribution in [3.63, 3.8) is 0 Å². The number of fused-ring (bicyclic) bond motifs is 1. The van der Waals surface area contributed by atoms with Crippen molar-refractivity contribution in [3.8, 4) is 5.75 Å². The minimum absolute atomic E-state index is 0.0173. The van der Waals surface area contributed by atoms with E-state index in [1.54, 1.807) is 37.9 Å². The van der Waals surface area contributed by atoms with Crippen LogP contribution in [0.1, 0.15) is 60.0 Å². The van der Waals surface area contributed by atoms with Gasteiger partial charge >= 0.3 is 0 Å². The summed E-state index contributed by atoms with van der Waals surface area (Å²) in [5.74, 6) is 0.153. The number of ketones is 1. The third kappa shape index (κ3) is 7.26. The number of carbonyl (C=O) groups is 2. The van der Waals surface area contributed by atoms with Crippen LogP contribution in [0.15, 0.2) is 35.2 Å². The van der Waals surface area contributed by atoms with Gasteiger partial charge in [-0.2, -0.15) is 4.31 Å². The largest absolute Gasteiger partial charge is 0.497 e. The highest BCUT2D eigenvalue weighted by molar-refractivity contribution is 7.89. The Balaban J connectivity index is 1.62. The molecule has 0 spiro atoms. The van der Waals surface area contributed by atoms with E-state index in [1.807, 2.05) is 0 Å². The Morgan fingerprint density at radius 3 is 2.21 bits per heavy atom. The first kappa shape index (κ1) is 30.8. The average molecular weight is 558 g/mol. The van der Waals surface area contributed by atoms with E-state index in [2.05, 4.69) is 37.1 Å². The van der Waals surface area contributed by atoms with Crippen molar-refractivity contribution >= 4 is 21.7 Å². The van der Waals surface area contributed by atoms with Crippen LogP contribution in [0.4, 0.5) is 0 Å². The van der Waals surface area contributed by atoms with Crippen molar-refractivity contribution in [2.24, 2.45) is 0 Å². The van der Waals surface area contributed by atoms with Gasteiger partial charge < -0.3 is 14.5 Å². The summed E-state index contributed by atoms with van der Waals surface area (Å²) >= 11 is 0. The zero-order chi connectivity index (χ0) is 28.9. The van der Waals surface area contributed by atoms with Crippen molar-refractivity contribution in [3.05, 3.63) is 58.1 Å². The third-order valence-electron chi connectivity index (χ3n) is 7.74. The van der Waals surface area contributed by atoms with E-state index < -0.39 is 10.0 Å². The molecule has 9 heteroatoms. The summed E-state index contributed by atoms with van der Waals surface area (Å²) in [6, 6.07) is 9.80. The van der Waals surface area contributed by atoms with E-state index in [0.717, 1.165) is 42.2 Å². The molecule has 39 heavy (non-hydrogen) atoms. The number of nitrogens with zero attached hydrogens (tertiary/aromatic N) is 3. The van der Waals surface area contributed by atoms with E-state index in [1.165, 1.54) is 25.3 Å². The minimum Gasteiger partial charge on any atom is -0.497 e. The molecule has 0 saturated heterocycles. The number of likely N-dealkylation sites (N-methyl/N-ethyl adjacent to an activating group) is 2. The van der Waals surface area contributed by atoms with Crippen LogP contribution in [0.3, 0.4) is 0 Å². The molecule has 0 N–H and O–H groups in total. The lowest BCUT2D eigenvalue weighted by Crippen LogP contribution is -2.34. The predicted octanol–water partition coefficient (Wildman–Crippen LogP) is 3.92. The Hall–Kier alpha value is -2.75. The van der Waals surface area contributed by atoms with Gasteiger partial charge in [0.1, 0.15) is 11.5 Å². The Morgan fingerprint density at radius 2 is 1.62 bits per heavy atom. The van der Waals surface area contributed by atoms with E-state index >= 15 is 0 Å². The second-order valence-corrected chi connectivity index (χ2v) is 12.6. The molecule has 2 aromatic rings. The van der Waals surface area contributed by atoms with Crippen LogP contribution in [0, 0.1) is 13.8 Å². The fourth-order valence-corrected chi connectivity index (χ4v) is 6.95. The van der Waals surface area contributed by atoms with Crippen LogP contribution in [0.5, 0.6) is 5.75 Å². The molecular formula is C30H43N3O5S. The van der Waals surface area contributed by atoms with Gasteiger partial charge in [0.05, 0.1) is 24.6 Å². The lowest BCUT2D eigenvalue weighted by molar-refractivity contribution is -0.134. The molecule has 1 amide bonds. The number of aryl methyl sites for hydroxylation is 2. The second kappa shape index (κ2) is 13.1. The summed E-state index contributed by atoms with van der Waals surface area (Å²) in [4.78, 5) is 30.1. The average Bonchev–Trinajstić information content (AvgIpc) is 3.07. The van der Waals surface area contributed by atoms with Gasteiger partial charge in [-0.1, -0.05) is 25.1 Å². The van der Waals surface area contributed by atoms with Crippen LogP contribution in [0.25, 0.3) is 0 Å². The zero-order valence-electron chi connectivity index (χ0n) is 24.4. The molecule has 0 saturated carbocycles. The topological polar surface area (TPSA) is 87.2 Å². The fourth-order valence-electron chi connectivity index (χ4n) is 5.40. The molecule has 1 heterocycles. The Labute approximate surface area is 234 Å². The highest BCUT2D eigenvalue weighted by atomic mass is 32.2. The lowest BCUT2D eigenvalue weighted by Gasteiger charge is -2.28. The molecule has 1 atom stereocenters. The van der Waals surface area contributed by atoms with E-state index in [0.29, 0.717) is 16.9 Å². The van der Waals surface area contributed by atoms with Crippen molar-refractivity contribution in [1.29, 1.82) is 0 Å². The van der Waals surface area contributed by atoms with Gasteiger partial charge in [-0.15, -0.1) is 0 Å². The van der Waals surface area contributed by atoms with Crippen molar-refractivity contribution in [2.75, 3.05) is 47.9 Å². The Kier molecular flexibility index (Phi) is 10.3. The van der Waals surface area contributed by atoms with Gasteiger partial charge in [0.2, 0.25) is 15.9 Å². The molecule has 0 bridgehead atoms. The summed E-state index contributed by atoms with van der Waals surface area (Å²) in [5.41, 5.74) is 4.94. The molecule has 2 aromatic carbocycles. The maximum atomic E-state index is 13.2. The predicted molar refractivity (Wildman–Crippen MR) is 154 cm³/mol. The molecule has 8 nitrogen and oxygen atoms in total. The maximum absolute atomic E-state index is 13.2. The number of amides is 1. The van der Waals surface area contributed by atoms with Crippen LogP contribution in [-0.2, 0) is 32.5 Å². The number of hydrogen-bond acceptors (Lipinski definition) is 6. The first-order chi connectivity index (χ1) is 18.4. The highest BCUT2D eigenvalue weighted by Gasteiger charge is 2.28. The van der Waals surface area contributed by atoms with Gasteiger partial charge in [0.25, 0.3) is 0 Å². The minimum atomic E-state index is -3.88. The highest BCUT2D eigenvalue weighted by Crippen LogP contribution is 2.29. The smallest absolute Gasteiger partial charge is 0.243 e. The molecule has 3 rings (SSSR count). The molecule has 0 radical (unpaired) electrons. The molecule has 1 aliphatic rings. The number of hydrogen-bond donors (Lipinski definition) is 0. The summed E-state index contributed by atoms with van der Waals surface area (Å²) < 4.78 is 32.8. The van der Waals surface area contributed by atoms with Gasteiger partial charge in [-0.25, -0.2) is 8.42 Å². The van der Waals surface area contributed by atoms with Gasteiger partial charge in [0.15, 0.2) is 0 Å². The van der Waals surface area contributed by atoms with Gasteiger partial charge in [-0.05, 0) is 80.1 Å². The molecule has 0 aromatic heterocycles. The van der Waals surface area contributed by atoms with E-state index in [9.17, 15) is 18.0 Å². The fraction of sp³-hybridized carbons (Fsp3) is 0.533. The Bertz CT molecular complexity index is 1280. The quantitative estimate of drug-likeness (QED) is 0.416. The van der Waals surface area contributed by atoms with Gasteiger partial charge in [0, 0.05) is 40.0 Å². The number of sulfonamides is 1. The lowest BCUT2D eigenvalue weighted by atomic mass is 9.95. The standard InChI is InChI=1S/C30H43N3O5S/c1-8-28(25-10-9-23-13-15-31(4)16-14-24(23)19-25)33(6)29(35)12-11-26(34)20-32(5)39(36,37)30-21(2)17-27(38-7)18-22(30)3/h9-10,17-19,28H,8,11-16,20H2,1-7H3. The van der Waals surface area contributed by atoms with Crippen LogP contribution in [0.2, 0.25) is 0 Å². The molecule has 214 valence electrons. The van der Waals surface area contributed by atoms with Crippen LogP contribution < -0.4 is 4.74 Å². The summed E-state index contributed by atoms with van der Waals surface area (Å²) in [6.07, 6.45) is 2.80. The number of Topliss-reactive ketones (excluding diaryl/α,β-unsaturated/α-hetero) is 1.